The van der Waals surface area contributed by atoms with Gasteiger partial charge >= 0.3 is 5.97 Å². The van der Waals surface area contributed by atoms with E-state index in [1.54, 1.807) is 0 Å². The normalized spacial score (nSPS) is 17.2. The molecule has 0 saturated heterocycles. The summed E-state index contributed by atoms with van der Waals surface area (Å²) in [6.45, 7) is 8.84. The largest absolute Gasteiger partial charge is 0.477 e. The number of nitrogens with zero attached hydrogens (tertiary/aromatic N) is 2. The molecule has 0 saturated carbocycles. The highest BCUT2D eigenvalue weighted by Gasteiger charge is 2.45. The molecule has 1 N–H and O–H groups in total. The average Bonchev–Trinajstić information content (AvgIpc) is 3.39. The van der Waals surface area contributed by atoms with E-state index < -0.39 is 11.4 Å². The Balaban J connectivity index is 1.30. The molecule has 0 amide bonds. The number of carbonyl (C=O) groups excluding carboxylic acids is 1. The molecule has 0 unspecified atom stereocenters. The third-order valence-corrected chi connectivity index (χ3v) is 9.28. The molecule has 2 aliphatic heterocycles. The first-order chi connectivity index (χ1) is 22.1. The molecule has 5 heteroatoms. The standard InChI is InChI=1S/C41H38N2O3/c1-40(2)33-26-31(29-14-8-5-9-15-29)20-22-35(33)42(24-25-44)37(40)18-12-7-13-19-38-41(3,4)34-27-32(30-16-10-6-11-17-30)21-23-36(34)43(38)28-39(45)46/h5-23,25-27H,24,28H2,1-4H3/p+1. The van der Waals surface area contributed by atoms with Gasteiger partial charge in [-0.2, -0.15) is 4.58 Å². The van der Waals surface area contributed by atoms with Gasteiger partial charge in [0, 0.05) is 34.5 Å². The van der Waals surface area contributed by atoms with Crippen LogP contribution in [0.4, 0.5) is 11.4 Å². The number of benzene rings is 4. The van der Waals surface area contributed by atoms with Gasteiger partial charge in [-0.1, -0.05) is 98.8 Å². The Morgan fingerprint density at radius 3 is 1.96 bits per heavy atom. The van der Waals surface area contributed by atoms with Crippen molar-refractivity contribution in [2.45, 2.75) is 38.5 Å². The van der Waals surface area contributed by atoms with Gasteiger partial charge in [0.15, 0.2) is 5.71 Å². The number of allylic oxidation sites excluding steroid dienone is 6. The van der Waals surface area contributed by atoms with Crippen molar-refractivity contribution in [3.63, 3.8) is 0 Å². The van der Waals surface area contributed by atoms with Crippen molar-refractivity contribution >= 4 is 29.3 Å². The second kappa shape index (κ2) is 12.2. The molecule has 46 heavy (non-hydrogen) atoms. The minimum Gasteiger partial charge on any atom is -0.477 e. The Hall–Kier alpha value is -5.29. The van der Waals surface area contributed by atoms with Crippen LogP contribution in [-0.4, -0.2) is 40.7 Å². The van der Waals surface area contributed by atoms with E-state index in [1.165, 1.54) is 5.56 Å². The highest BCUT2D eigenvalue weighted by molar-refractivity contribution is 6.04. The predicted octanol–water partition coefficient (Wildman–Crippen LogP) is 8.47. The molecule has 4 aromatic carbocycles. The topological polar surface area (TPSA) is 60.6 Å². The molecule has 0 aromatic heterocycles. The first-order valence-electron chi connectivity index (χ1n) is 15.7. The molecule has 2 heterocycles. The molecule has 0 atom stereocenters. The smallest absolute Gasteiger partial charge is 0.370 e. The number of hydrogen-bond donors (Lipinski definition) is 1. The molecular formula is C41H39N2O3+. The van der Waals surface area contributed by atoms with Crippen LogP contribution in [0.5, 0.6) is 0 Å². The van der Waals surface area contributed by atoms with Crippen LogP contribution in [0.25, 0.3) is 22.3 Å². The monoisotopic (exact) mass is 607 g/mol. The van der Waals surface area contributed by atoms with Crippen molar-refractivity contribution in [3.05, 3.63) is 144 Å². The van der Waals surface area contributed by atoms with Gasteiger partial charge in [0.25, 0.3) is 0 Å². The van der Waals surface area contributed by atoms with Crippen molar-refractivity contribution in [2.24, 2.45) is 0 Å². The van der Waals surface area contributed by atoms with Crippen LogP contribution in [0.1, 0.15) is 38.8 Å². The first kappa shape index (κ1) is 30.7. The van der Waals surface area contributed by atoms with Crippen LogP contribution >= 0.6 is 0 Å². The van der Waals surface area contributed by atoms with E-state index >= 15 is 0 Å². The Bertz CT molecular complexity index is 1930. The van der Waals surface area contributed by atoms with Crippen LogP contribution in [0.3, 0.4) is 0 Å². The second-order valence-corrected chi connectivity index (χ2v) is 12.9. The highest BCUT2D eigenvalue weighted by Crippen LogP contribution is 2.49. The van der Waals surface area contributed by atoms with E-state index in [2.05, 4.69) is 93.3 Å². The van der Waals surface area contributed by atoms with Gasteiger partial charge in [0.2, 0.25) is 12.2 Å². The van der Waals surface area contributed by atoms with Gasteiger partial charge in [0.05, 0.1) is 12.0 Å². The zero-order valence-electron chi connectivity index (χ0n) is 26.8. The van der Waals surface area contributed by atoms with Crippen LogP contribution in [-0.2, 0) is 20.4 Å². The van der Waals surface area contributed by atoms with Crippen molar-refractivity contribution < 1.29 is 19.3 Å². The Morgan fingerprint density at radius 2 is 1.35 bits per heavy atom. The van der Waals surface area contributed by atoms with Crippen LogP contribution in [0, 0.1) is 0 Å². The van der Waals surface area contributed by atoms with Crippen molar-refractivity contribution in [1.29, 1.82) is 0 Å². The van der Waals surface area contributed by atoms with Crippen LogP contribution in [0.2, 0.25) is 0 Å². The number of aldehydes is 1. The maximum absolute atomic E-state index is 11.9. The molecule has 0 spiro atoms. The summed E-state index contributed by atoms with van der Waals surface area (Å²) in [5, 5.41) is 9.79. The highest BCUT2D eigenvalue weighted by atomic mass is 16.4. The molecular weight excluding hydrogens is 568 g/mol. The van der Waals surface area contributed by atoms with E-state index in [9.17, 15) is 14.7 Å². The summed E-state index contributed by atoms with van der Waals surface area (Å²) in [5.74, 6) is -0.879. The third kappa shape index (κ3) is 5.54. The number of hydrogen-bond acceptors (Lipinski definition) is 3. The summed E-state index contributed by atoms with van der Waals surface area (Å²) < 4.78 is 1.90. The molecule has 230 valence electrons. The fourth-order valence-electron chi connectivity index (χ4n) is 6.91. The molecule has 0 radical (unpaired) electrons. The molecule has 0 fully saturated rings. The lowest BCUT2D eigenvalue weighted by atomic mass is 9.80. The van der Waals surface area contributed by atoms with Crippen LogP contribution in [0.15, 0.2) is 133 Å². The Kier molecular flexibility index (Phi) is 8.18. The SMILES string of the molecule is CC1(C)C(=CC=CC=CC2=[N+](CC(=O)O)c3ccc(-c4ccccc4)cc3C2(C)C)N(CC=O)c2ccc(-c3ccccc3)cc21. The van der Waals surface area contributed by atoms with E-state index in [1.807, 2.05) is 71.3 Å². The third-order valence-electron chi connectivity index (χ3n) is 9.28. The zero-order chi connectivity index (χ0) is 32.5. The maximum atomic E-state index is 11.9. The molecule has 4 aromatic rings. The van der Waals surface area contributed by atoms with E-state index in [4.69, 9.17) is 0 Å². The number of aliphatic carboxylic acids is 1. The minimum absolute atomic E-state index is 0.118. The van der Waals surface area contributed by atoms with Crippen molar-refractivity contribution in [2.75, 3.05) is 18.0 Å². The predicted molar refractivity (Wildman–Crippen MR) is 187 cm³/mol. The zero-order valence-corrected chi connectivity index (χ0v) is 26.8. The van der Waals surface area contributed by atoms with Gasteiger partial charge in [-0.05, 0) is 72.0 Å². The number of carboxylic acids is 1. The fourth-order valence-corrected chi connectivity index (χ4v) is 6.91. The summed E-state index contributed by atoms with van der Waals surface area (Å²) >= 11 is 0. The second-order valence-electron chi connectivity index (χ2n) is 12.9. The van der Waals surface area contributed by atoms with Gasteiger partial charge in [-0.15, -0.1) is 0 Å². The quantitative estimate of drug-likeness (QED) is 0.118. The van der Waals surface area contributed by atoms with E-state index in [0.29, 0.717) is 0 Å². The Labute approximate surface area is 271 Å². The lowest BCUT2D eigenvalue weighted by molar-refractivity contribution is -0.428. The lowest BCUT2D eigenvalue weighted by Gasteiger charge is -2.25. The maximum Gasteiger partial charge on any atom is 0.370 e. The fraction of sp³-hybridized carbons (Fsp3) is 0.195. The van der Waals surface area contributed by atoms with Gasteiger partial charge < -0.3 is 14.8 Å². The molecule has 0 aliphatic carbocycles. The van der Waals surface area contributed by atoms with Gasteiger partial charge in [0.1, 0.15) is 6.29 Å². The van der Waals surface area contributed by atoms with Gasteiger partial charge in [-0.3, -0.25) is 0 Å². The minimum atomic E-state index is -0.879. The first-order valence-corrected chi connectivity index (χ1v) is 15.7. The molecule has 5 nitrogen and oxygen atoms in total. The number of rotatable bonds is 9. The van der Waals surface area contributed by atoms with Crippen LogP contribution < -0.4 is 4.90 Å². The lowest BCUT2D eigenvalue weighted by Crippen LogP contribution is -2.29. The molecule has 0 bridgehead atoms. The summed E-state index contributed by atoms with van der Waals surface area (Å²) in [4.78, 5) is 25.8. The molecule has 6 rings (SSSR count). The van der Waals surface area contributed by atoms with Gasteiger partial charge in [-0.25, -0.2) is 4.79 Å². The molecule has 2 aliphatic rings. The summed E-state index contributed by atoms with van der Waals surface area (Å²) in [6, 6.07) is 33.3. The van der Waals surface area contributed by atoms with Crippen molar-refractivity contribution in [3.8, 4) is 22.3 Å². The number of fused-ring (bicyclic) bond motifs is 2. The summed E-state index contributed by atoms with van der Waals surface area (Å²) in [5.41, 5.74) is 10.1. The van der Waals surface area contributed by atoms with Crippen molar-refractivity contribution in [1.82, 2.24) is 0 Å². The number of carbonyl (C=O) groups is 2. The summed E-state index contributed by atoms with van der Waals surface area (Å²) in [7, 11) is 0. The number of anilines is 1. The van der Waals surface area contributed by atoms with E-state index in [-0.39, 0.29) is 18.5 Å². The Morgan fingerprint density at radius 1 is 0.739 bits per heavy atom. The number of carboxylic acid groups (broad SMARTS) is 1. The summed E-state index contributed by atoms with van der Waals surface area (Å²) in [6.07, 6.45) is 11.0. The average molecular weight is 608 g/mol. The van der Waals surface area contributed by atoms with E-state index in [0.717, 1.165) is 56.9 Å².